The molecule has 2 atom stereocenters. The van der Waals surface area contributed by atoms with Crippen LogP contribution in [0.25, 0.3) is 0 Å². The number of aromatic nitrogens is 1. The van der Waals surface area contributed by atoms with Gasteiger partial charge in [-0.3, -0.25) is 9.78 Å². The first-order valence-electron chi connectivity index (χ1n) is 6.57. The third kappa shape index (κ3) is 2.53. The lowest BCUT2D eigenvalue weighted by Gasteiger charge is -2.28. The first-order chi connectivity index (χ1) is 8.61. The predicted molar refractivity (Wildman–Crippen MR) is 70.7 cm³/mol. The summed E-state index contributed by atoms with van der Waals surface area (Å²) in [4.78, 5) is 18.4. The molecule has 1 aromatic heterocycles. The lowest BCUT2D eigenvalue weighted by Crippen LogP contribution is -2.46. The molecule has 1 amide bonds. The van der Waals surface area contributed by atoms with Crippen LogP contribution in [0.1, 0.15) is 38.3 Å². The van der Waals surface area contributed by atoms with E-state index < -0.39 is 6.04 Å². The molecule has 1 aliphatic rings. The van der Waals surface area contributed by atoms with Gasteiger partial charge in [-0.1, -0.05) is 19.9 Å². The van der Waals surface area contributed by atoms with Crippen molar-refractivity contribution in [2.24, 2.45) is 11.7 Å². The maximum Gasteiger partial charge on any atom is 0.240 e. The fraction of sp³-hybridized carbons (Fsp3) is 0.571. The number of amides is 1. The third-order valence-corrected chi connectivity index (χ3v) is 3.61. The molecule has 1 unspecified atom stereocenters. The van der Waals surface area contributed by atoms with E-state index in [4.69, 9.17) is 5.73 Å². The van der Waals surface area contributed by atoms with Crippen LogP contribution in [-0.2, 0) is 4.79 Å². The minimum atomic E-state index is -0.401. The lowest BCUT2D eigenvalue weighted by molar-refractivity contribution is -0.134. The summed E-state index contributed by atoms with van der Waals surface area (Å²) >= 11 is 0. The Balaban J connectivity index is 2.15. The number of nitrogens with zero attached hydrogens (tertiary/aromatic N) is 2. The van der Waals surface area contributed by atoms with Crippen LogP contribution in [0, 0.1) is 5.92 Å². The topological polar surface area (TPSA) is 59.2 Å². The molecule has 18 heavy (non-hydrogen) atoms. The number of nitrogens with two attached hydrogens (primary N) is 1. The van der Waals surface area contributed by atoms with E-state index >= 15 is 0 Å². The van der Waals surface area contributed by atoms with Crippen molar-refractivity contribution >= 4 is 5.91 Å². The van der Waals surface area contributed by atoms with Gasteiger partial charge < -0.3 is 10.6 Å². The Morgan fingerprint density at radius 2 is 2.33 bits per heavy atom. The number of hydrogen-bond donors (Lipinski definition) is 1. The average Bonchev–Trinajstić information content (AvgIpc) is 2.87. The van der Waals surface area contributed by atoms with Crippen molar-refractivity contribution in [3.05, 3.63) is 30.1 Å². The van der Waals surface area contributed by atoms with E-state index in [0.717, 1.165) is 24.9 Å². The number of pyridine rings is 1. The van der Waals surface area contributed by atoms with Crippen LogP contribution in [0.3, 0.4) is 0 Å². The Kier molecular flexibility index (Phi) is 3.97. The molecule has 2 rings (SSSR count). The molecule has 1 saturated heterocycles. The smallest absolute Gasteiger partial charge is 0.240 e. The van der Waals surface area contributed by atoms with Crippen molar-refractivity contribution in [3.63, 3.8) is 0 Å². The lowest BCUT2D eigenvalue weighted by atomic mass is 10.0. The molecule has 0 radical (unpaired) electrons. The molecule has 0 aromatic carbocycles. The zero-order valence-corrected chi connectivity index (χ0v) is 11.0. The maximum absolute atomic E-state index is 12.4. The molecular formula is C14H21N3O. The highest BCUT2D eigenvalue weighted by molar-refractivity contribution is 5.82. The maximum atomic E-state index is 12.4. The first kappa shape index (κ1) is 13.0. The van der Waals surface area contributed by atoms with Gasteiger partial charge in [0.2, 0.25) is 5.91 Å². The van der Waals surface area contributed by atoms with Crippen molar-refractivity contribution < 1.29 is 4.79 Å². The summed E-state index contributed by atoms with van der Waals surface area (Å²) < 4.78 is 0. The van der Waals surface area contributed by atoms with Gasteiger partial charge in [0.1, 0.15) is 0 Å². The minimum absolute atomic E-state index is 0.0661. The number of rotatable bonds is 3. The Bertz CT molecular complexity index is 405. The second-order valence-corrected chi connectivity index (χ2v) is 5.25. The van der Waals surface area contributed by atoms with Crippen LogP contribution in [0.15, 0.2) is 24.5 Å². The van der Waals surface area contributed by atoms with Crippen LogP contribution >= 0.6 is 0 Å². The number of carbonyl (C=O) groups excluding carboxylic acids is 1. The summed E-state index contributed by atoms with van der Waals surface area (Å²) in [6.07, 6.45) is 5.64. The minimum Gasteiger partial charge on any atom is -0.334 e. The molecule has 1 fully saturated rings. The molecule has 2 heterocycles. The monoisotopic (exact) mass is 247 g/mol. The summed E-state index contributed by atoms with van der Waals surface area (Å²) in [7, 11) is 0. The van der Waals surface area contributed by atoms with Gasteiger partial charge in [0.25, 0.3) is 0 Å². The standard InChI is InChI=1S/C14H21N3O/c1-10(2)13(15)14(18)17-8-4-6-12(17)11-5-3-7-16-9-11/h3,5,7,9-10,12-13H,4,6,8,15H2,1-2H3/t12?,13-/m1/s1. The van der Waals surface area contributed by atoms with E-state index in [2.05, 4.69) is 4.98 Å². The molecule has 0 aliphatic carbocycles. The van der Waals surface area contributed by atoms with Gasteiger partial charge >= 0.3 is 0 Å². The first-order valence-corrected chi connectivity index (χ1v) is 6.57. The molecule has 2 N–H and O–H groups in total. The molecule has 0 spiro atoms. The zero-order valence-electron chi connectivity index (χ0n) is 11.0. The second-order valence-electron chi connectivity index (χ2n) is 5.25. The van der Waals surface area contributed by atoms with E-state index in [-0.39, 0.29) is 17.9 Å². The van der Waals surface area contributed by atoms with Gasteiger partial charge in [-0.2, -0.15) is 0 Å². The fourth-order valence-corrected chi connectivity index (χ4v) is 2.43. The Labute approximate surface area is 108 Å². The predicted octanol–water partition coefficient (Wildman–Crippen LogP) is 1.73. The molecule has 1 aromatic rings. The van der Waals surface area contributed by atoms with Crippen LogP contribution < -0.4 is 5.73 Å². The average molecular weight is 247 g/mol. The second kappa shape index (κ2) is 5.48. The molecule has 4 nitrogen and oxygen atoms in total. The number of likely N-dealkylation sites (tertiary alicyclic amines) is 1. The van der Waals surface area contributed by atoms with E-state index in [1.807, 2.05) is 37.1 Å². The molecule has 0 bridgehead atoms. The Hall–Kier alpha value is -1.42. The van der Waals surface area contributed by atoms with E-state index in [1.165, 1.54) is 0 Å². The highest BCUT2D eigenvalue weighted by atomic mass is 16.2. The molecular weight excluding hydrogens is 226 g/mol. The van der Waals surface area contributed by atoms with E-state index in [9.17, 15) is 4.79 Å². The Morgan fingerprint density at radius 3 is 2.94 bits per heavy atom. The molecule has 4 heteroatoms. The van der Waals surface area contributed by atoms with Gasteiger partial charge in [-0.25, -0.2) is 0 Å². The van der Waals surface area contributed by atoms with Crippen LogP contribution in [0.4, 0.5) is 0 Å². The van der Waals surface area contributed by atoms with Crippen LogP contribution in [0.2, 0.25) is 0 Å². The Morgan fingerprint density at radius 1 is 1.56 bits per heavy atom. The summed E-state index contributed by atoms with van der Waals surface area (Å²) in [6, 6.07) is 3.70. The third-order valence-electron chi connectivity index (χ3n) is 3.61. The van der Waals surface area contributed by atoms with E-state index in [0.29, 0.717) is 0 Å². The summed E-state index contributed by atoms with van der Waals surface area (Å²) in [6.45, 7) is 4.77. The van der Waals surface area contributed by atoms with Crippen molar-refractivity contribution in [1.82, 2.24) is 9.88 Å². The van der Waals surface area contributed by atoms with Crippen LogP contribution in [0.5, 0.6) is 0 Å². The van der Waals surface area contributed by atoms with Crippen molar-refractivity contribution in [1.29, 1.82) is 0 Å². The quantitative estimate of drug-likeness (QED) is 0.885. The van der Waals surface area contributed by atoms with Crippen LogP contribution in [-0.4, -0.2) is 28.4 Å². The van der Waals surface area contributed by atoms with E-state index in [1.54, 1.807) is 6.20 Å². The van der Waals surface area contributed by atoms with Crippen molar-refractivity contribution in [2.45, 2.75) is 38.8 Å². The fourth-order valence-electron chi connectivity index (χ4n) is 2.43. The SMILES string of the molecule is CC(C)[C@@H](N)C(=O)N1CCCC1c1cccnc1. The van der Waals surface area contributed by atoms with Gasteiger partial charge in [-0.15, -0.1) is 0 Å². The van der Waals surface area contributed by atoms with Gasteiger partial charge in [0, 0.05) is 18.9 Å². The number of hydrogen-bond acceptors (Lipinski definition) is 3. The summed E-state index contributed by atoms with van der Waals surface area (Å²) in [5.41, 5.74) is 7.08. The molecule has 1 aliphatic heterocycles. The van der Waals surface area contributed by atoms with Gasteiger partial charge in [0.15, 0.2) is 0 Å². The molecule has 98 valence electrons. The van der Waals surface area contributed by atoms with Gasteiger partial charge in [-0.05, 0) is 30.4 Å². The highest BCUT2D eigenvalue weighted by Crippen LogP contribution is 2.32. The zero-order chi connectivity index (χ0) is 13.1. The summed E-state index contributed by atoms with van der Waals surface area (Å²) in [5.74, 6) is 0.240. The largest absolute Gasteiger partial charge is 0.334 e. The normalized spacial score (nSPS) is 21.3. The van der Waals surface area contributed by atoms with Crippen molar-refractivity contribution in [3.8, 4) is 0 Å². The van der Waals surface area contributed by atoms with Gasteiger partial charge in [0.05, 0.1) is 12.1 Å². The van der Waals surface area contributed by atoms with Crippen molar-refractivity contribution in [2.75, 3.05) is 6.54 Å². The molecule has 0 saturated carbocycles. The number of carbonyl (C=O) groups is 1. The highest BCUT2D eigenvalue weighted by Gasteiger charge is 2.33. The summed E-state index contributed by atoms with van der Waals surface area (Å²) in [5, 5.41) is 0.